The number of esters is 1. The summed E-state index contributed by atoms with van der Waals surface area (Å²) in [7, 11) is 0. The molecule has 4 nitrogen and oxygen atoms in total. The minimum absolute atomic E-state index is 0.216. The molecule has 130 valence electrons. The number of hydrogen-bond donors (Lipinski definition) is 2. The predicted molar refractivity (Wildman–Crippen MR) is 92.3 cm³/mol. The maximum absolute atomic E-state index is 12.8. The summed E-state index contributed by atoms with van der Waals surface area (Å²) in [6.07, 6.45) is 0. The molecule has 0 aliphatic heterocycles. The molecule has 0 spiro atoms. The van der Waals surface area contributed by atoms with Crippen LogP contribution in [0.5, 0.6) is 11.5 Å². The molecule has 0 unspecified atom stereocenters. The zero-order valence-corrected chi connectivity index (χ0v) is 15.8. The summed E-state index contributed by atoms with van der Waals surface area (Å²) in [4.78, 5) is 12.8. The summed E-state index contributed by atoms with van der Waals surface area (Å²) in [5, 5.41) is 20.5. The van der Waals surface area contributed by atoms with Gasteiger partial charge < -0.3 is 14.9 Å². The van der Waals surface area contributed by atoms with Gasteiger partial charge in [-0.3, -0.25) is 0 Å². The van der Waals surface area contributed by atoms with E-state index in [1.54, 1.807) is 20.8 Å². The molecule has 0 heterocycles. The highest BCUT2D eigenvalue weighted by molar-refractivity contribution is 5.95. The maximum Gasteiger partial charge on any atom is 0.339 e. The van der Waals surface area contributed by atoms with Crippen molar-refractivity contribution in [3.05, 3.63) is 22.8 Å². The van der Waals surface area contributed by atoms with E-state index in [0.29, 0.717) is 16.7 Å². The molecule has 0 fully saturated rings. The van der Waals surface area contributed by atoms with Crippen molar-refractivity contribution in [3.8, 4) is 11.5 Å². The molecule has 0 aromatic heterocycles. The molecule has 4 heteroatoms. The van der Waals surface area contributed by atoms with E-state index in [1.807, 2.05) is 41.5 Å². The molecule has 0 radical (unpaired) electrons. The Balaban J connectivity index is 3.82. The van der Waals surface area contributed by atoms with Crippen LogP contribution in [-0.4, -0.2) is 21.8 Å². The molecule has 1 aromatic carbocycles. The first-order valence-electron chi connectivity index (χ1n) is 7.89. The number of ether oxygens (including phenoxy) is 1. The average molecular weight is 322 g/mol. The van der Waals surface area contributed by atoms with Gasteiger partial charge in [-0.2, -0.15) is 0 Å². The van der Waals surface area contributed by atoms with Gasteiger partial charge >= 0.3 is 5.97 Å². The Kier molecular flexibility index (Phi) is 4.82. The Morgan fingerprint density at radius 2 is 1.39 bits per heavy atom. The number of carbonyl (C=O) groups excluding carboxylic acids is 1. The number of phenols is 2. The van der Waals surface area contributed by atoms with Crippen LogP contribution in [0.1, 0.15) is 83.8 Å². The molecule has 0 bridgehead atoms. The van der Waals surface area contributed by atoms with Crippen molar-refractivity contribution >= 4 is 5.97 Å². The molecule has 2 N–H and O–H groups in total. The van der Waals surface area contributed by atoms with E-state index in [9.17, 15) is 15.0 Å². The Hall–Kier alpha value is -1.71. The molecule has 0 aliphatic rings. The van der Waals surface area contributed by atoms with Gasteiger partial charge in [-0.1, -0.05) is 41.5 Å². The molecule has 23 heavy (non-hydrogen) atoms. The predicted octanol–water partition coefficient (Wildman–Crippen LogP) is 4.65. The van der Waals surface area contributed by atoms with Crippen LogP contribution in [0.3, 0.4) is 0 Å². The number of benzene rings is 1. The van der Waals surface area contributed by atoms with Crippen LogP contribution in [0.4, 0.5) is 0 Å². The van der Waals surface area contributed by atoms with Crippen LogP contribution in [0.2, 0.25) is 0 Å². The fraction of sp³-hybridized carbons (Fsp3) is 0.632. The van der Waals surface area contributed by atoms with Crippen LogP contribution in [0, 0.1) is 0 Å². The van der Waals surface area contributed by atoms with Crippen molar-refractivity contribution in [2.75, 3.05) is 0 Å². The minimum Gasteiger partial charge on any atom is -0.504 e. The number of carbonyl (C=O) groups is 1. The molecule has 1 aromatic rings. The lowest BCUT2D eigenvalue weighted by atomic mass is 9.75. The number of hydrogen-bond acceptors (Lipinski definition) is 4. The van der Waals surface area contributed by atoms with Crippen molar-refractivity contribution in [1.29, 1.82) is 0 Å². The second-order valence-electron chi connectivity index (χ2n) is 9.04. The van der Waals surface area contributed by atoms with Crippen LogP contribution in [0.15, 0.2) is 6.07 Å². The fourth-order valence-electron chi connectivity index (χ4n) is 2.52. The largest absolute Gasteiger partial charge is 0.504 e. The maximum atomic E-state index is 12.8. The van der Waals surface area contributed by atoms with Gasteiger partial charge in [0.1, 0.15) is 5.60 Å². The van der Waals surface area contributed by atoms with E-state index in [-0.39, 0.29) is 11.5 Å². The Morgan fingerprint density at radius 3 is 1.74 bits per heavy atom. The third-order valence-electron chi connectivity index (χ3n) is 3.44. The van der Waals surface area contributed by atoms with Gasteiger partial charge in [0.25, 0.3) is 0 Å². The van der Waals surface area contributed by atoms with Crippen molar-refractivity contribution in [3.63, 3.8) is 0 Å². The zero-order chi connectivity index (χ0) is 18.4. The monoisotopic (exact) mass is 322 g/mol. The summed E-state index contributed by atoms with van der Waals surface area (Å²) in [6, 6.07) is 1.46. The highest BCUT2D eigenvalue weighted by Crippen LogP contribution is 2.44. The zero-order valence-electron chi connectivity index (χ0n) is 15.8. The van der Waals surface area contributed by atoms with E-state index < -0.39 is 22.4 Å². The third kappa shape index (κ3) is 4.40. The van der Waals surface area contributed by atoms with Crippen LogP contribution < -0.4 is 0 Å². The van der Waals surface area contributed by atoms with Crippen LogP contribution in [0.25, 0.3) is 0 Å². The van der Waals surface area contributed by atoms with Crippen molar-refractivity contribution in [2.24, 2.45) is 0 Å². The first-order chi connectivity index (χ1) is 10.1. The lowest BCUT2D eigenvalue weighted by Gasteiger charge is -2.31. The normalized spacial score (nSPS) is 13.1. The third-order valence-corrected chi connectivity index (χ3v) is 3.44. The van der Waals surface area contributed by atoms with Crippen LogP contribution >= 0.6 is 0 Å². The average Bonchev–Trinajstić information content (AvgIpc) is 2.26. The summed E-state index contributed by atoms with van der Waals surface area (Å²) in [5.41, 5.74) is -0.152. The molecule has 0 amide bonds. The minimum atomic E-state index is -0.644. The highest BCUT2D eigenvalue weighted by atomic mass is 16.6. The summed E-state index contributed by atoms with van der Waals surface area (Å²) < 4.78 is 5.56. The number of phenolic OH excluding ortho intramolecular Hbond substituents is 2. The van der Waals surface area contributed by atoms with Gasteiger partial charge in [-0.05, 0) is 43.2 Å². The second kappa shape index (κ2) is 5.73. The first-order valence-corrected chi connectivity index (χ1v) is 7.89. The van der Waals surface area contributed by atoms with E-state index in [1.165, 1.54) is 6.07 Å². The van der Waals surface area contributed by atoms with Gasteiger partial charge in [-0.25, -0.2) is 4.79 Å². The second-order valence-corrected chi connectivity index (χ2v) is 9.04. The molecular weight excluding hydrogens is 292 g/mol. The molecule has 0 saturated heterocycles. The smallest absolute Gasteiger partial charge is 0.339 e. The Bertz CT molecular complexity index is 608. The molecular formula is C19H30O4. The summed E-state index contributed by atoms with van der Waals surface area (Å²) in [6.45, 7) is 17.0. The lowest BCUT2D eigenvalue weighted by molar-refractivity contribution is 0.00636. The number of aromatic hydroxyl groups is 2. The topological polar surface area (TPSA) is 66.8 Å². The Morgan fingerprint density at radius 1 is 0.913 bits per heavy atom. The highest BCUT2D eigenvalue weighted by Gasteiger charge is 2.35. The van der Waals surface area contributed by atoms with E-state index in [4.69, 9.17) is 4.74 Å². The SMILES string of the molecule is CC(C)(C)OC(=O)c1c(C(C)(C)C)cc(O)c(O)c1C(C)(C)C. The quantitative estimate of drug-likeness (QED) is 0.583. The van der Waals surface area contributed by atoms with Gasteiger partial charge in [0.15, 0.2) is 11.5 Å². The standard InChI is InChI=1S/C19H30O4/c1-17(2,3)11-10-12(20)15(21)14(18(4,5)6)13(11)16(22)23-19(7,8)9/h10,20-21H,1-9H3. The van der Waals surface area contributed by atoms with Gasteiger partial charge in [-0.15, -0.1) is 0 Å². The molecule has 0 saturated carbocycles. The molecule has 0 atom stereocenters. The van der Waals surface area contributed by atoms with E-state index in [2.05, 4.69) is 0 Å². The molecule has 1 rings (SSSR count). The van der Waals surface area contributed by atoms with Crippen LogP contribution in [-0.2, 0) is 15.6 Å². The van der Waals surface area contributed by atoms with Gasteiger partial charge in [0, 0.05) is 5.56 Å². The van der Waals surface area contributed by atoms with Crippen molar-refractivity contribution in [2.45, 2.75) is 78.7 Å². The van der Waals surface area contributed by atoms with Gasteiger partial charge in [0.2, 0.25) is 0 Å². The van der Waals surface area contributed by atoms with E-state index in [0.717, 1.165) is 0 Å². The summed E-state index contributed by atoms with van der Waals surface area (Å²) in [5.74, 6) is -0.957. The first kappa shape index (κ1) is 19.3. The molecule has 0 aliphatic carbocycles. The van der Waals surface area contributed by atoms with E-state index >= 15 is 0 Å². The van der Waals surface area contributed by atoms with Gasteiger partial charge in [0.05, 0.1) is 5.56 Å². The summed E-state index contributed by atoms with van der Waals surface area (Å²) >= 11 is 0. The number of rotatable bonds is 1. The Labute approximate surface area is 139 Å². The fourth-order valence-corrected chi connectivity index (χ4v) is 2.52. The van der Waals surface area contributed by atoms with Crippen molar-refractivity contribution < 1.29 is 19.7 Å². The van der Waals surface area contributed by atoms with Crippen molar-refractivity contribution in [1.82, 2.24) is 0 Å². The lowest BCUT2D eigenvalue weighted by Crippen LogP contribution is -2.29.